The first-order valence-electron chi connectivity index (χ1n) is 6.30. The maximum atomic E-state index is 5.13. The van der Waals surface area contributed by atoms with E-state index in [1.165, 1.54) is 39.0 Å². The fourth-order valence-corrected chi connectivity index (χ4v) is 3.34. The monoisotopic (exact) mass is 212 g/mol. The molecule has 88 valence electrons. The summed E-state index contributed by atoms with van der Waals surface area (Å²) in [6.45, 7) is 8.24. The molecule has 3 nitrogen and oxygen atoms in total. The van der Waals surface area contributed by atoms with E-state index in [1.807, 2.05) is 0 Å². The highest BCUT2D eigenvalue weighted by atomic mass is 16.5. The van der Waals surface area contributed by atoms with Gasteiger partial charge >= 0.3 is 0 Å². The molecule has 3 heteroatoms. The average molecular weight is 212 g/mol. The van der Waals surface area contributed by atoms with Gasteiger partial charge in [-0.25, -0.2) is 0 Å². The summed E-state index contributed by atoms with van der Waals surface area (Å²) in [5.41, 5.74) is 0. The molecule has 2 heterocycles. The van der Waals surface area contributed by atoms with Crippen molar-refractivity contribution in [1.29, 1.82) is 0 Å². The van der Waals surface area contributed by atoms with Crippen molar-refractivity contribution in [3.05, 3.63) is 0 Å². The summed E-state index contributed by atoms with van der Waals surface area (Å²) in [7, 11) is 1.79. The smallest absolute Gasteiger partial charge is 0.0474 e. The minimum absolute atomic E-state index is 0.821. The molecule has 2 aliphatic rings. The quantitative estimate of drug-likeness (QED) is 0.687. The Morgan fingerprint density at radius 3 is 3.00 bits per heavy atom. The van der Waals surface area contributed by atoms with Gasteiger partial charge in [0.05, 0.1) is 0 Å². The van der Waals surface area contributed by atoms with Gasteiger partial charge in [0.1, 0.15) is 0 Å². The number of fused-ring (bicyclic) bond motifs is 1. The van der Waals surface area contributed by atoms with Crippen LogP contribution in [0, 0.1) is 11.8 Å². The molecule has 0 saturated carbocycles. The predicted molar refractivity (Wildman–Crippen MR) is 62.0 cm³/mol. The van der Waals surface area contributed by atoms with Crippen molar-refractivity contribution >= 4 is 0 Å². The van der Waals surface area contributed by atoms with Crippen LogP contribution < -0.4 is 5.32 Å². The molecule has 2 saturated heterocycles. The highest BCUT2D eigenvalue weighted by Gasteiger charge is 2.42. The van der Waals surface area contributed by atoms with Crippen LogP contribution in [-0.2, 0) is 4.74 Å². The van der Waals surface area contributed by atoms with Crippen LogP contribution in [-0.4, -0.2) is 50.8 Å². The summed E-state index contributed by atoms with van der Waals surface area (Å²) in [6.07, 6.45) is 2.48. The Morgan fingerprint density at radius 1 is 1.40 bits per heavy atom. The van der Waals surface area contributed by atoms with Crippen molar-refractivity contribution in [3.8, 4) is 0 Å². The molecule has 3 unspecified atom stereocenters. The number of hydrogen-bond acceptors (Lipinski definition) is 3. The third-order valence-electron chi connectivity index (χ3n) is 4.04. The Kier molecular flexibility index (Phi) is 4.00. The molecule has 0 amide bonds. The maximum Gasteiger partial charge on any atom is 0.0474 e. The predicted octanol–water partition coefficient (Wildman–Crippen LogP) is 0.953. The van der Waals surface area contributed by atoms with Crippen LogP contribution in [0.1, 0.15) is 19.8 Å². The van der Waals surface area contributed by atoms with Crippen molar-refractivity contribution in [3.63, 3.8) is 0 Å². The van der Waals surface area contributed by atoms with E-state index < -0.39 is 0 Å². The fourth-order valence-electron chi connectivity index (χ4n) is 3.34. The Balaban J connectivity index is 1.84. The molecule has 0 bridgehead atoms. The average Bonchev–Trinajstić information content (AvgIpc) is 2.77. The third kappa shape index (κ3) is 2.35. The van der Waals surface area contributed by atoms with Crippen LogP contribution in [0.5, 0.6) is 0 Å². The van der Waals surface area contributed by atoms with E-state index in [2.05, 4.69) is 17.1 Å². The van der Waals surface area contributed by atoms with Gasteiger partial charge in [-0.15, -0.1) is 0 Å². The topological polar surface area (TPSA) is 24.5 Å². The Bertz CT molecular complexity index is 198. The third-order valence-corrected chi connectivity index (χ3v) is 4.04. The van der Waals surface area contributed by atoms with Crippen molar-refractivity contribution in [1.82, 2.24) is 10.2 Å². The summed E-state index contributed by atoms with van der Waals surface area (Å²) in [4.78, 5) is 2.69. The van der Waals surface area contributed by atoms with Crippen LogP contribution in [0.25, 0.3) is 0 Å². The van der Waals surface area contributed by atoms with Crippen LogP contribution in [0.4, 0.5) is 0 Å². The Hall–Kier alpha value is -0.120. The fraction of sp³-hybridized carbons (Fsp3) is 1.00. The first kappa shape index (κ1) is 11.4. The highest BCUT2D eigenvalue weighted by molar-refractivity contribution is 4.97. The van der Waals surface area contributed by atoms with E-state index in [9.17, 15) is 0 Å². The van der Waals surface area contributed by atoms with Gasteiger partial charge in [-0.2, -0.15) is 0 Å². The summed E-state index contributed by atoms with van der Waals surface area (Å²) in [5.74, 6) is 1.83. The van der Waals surface area contributed by atoms with Crippen molar-refractivity contribution < 1.29 is 4.74 Å². The van der Waals surface area contributed by atoms with Gasteiger partial charge in [-0.3, -0.25) is 4.90 Å². The van der Waals surface area contributed by atoms with Crippen LogP contribution in [0.3, 0.4) is 0 Å². The molecule has 0 aromatic rings. The SMILES string of the molecule is CCC1C2CNCC2CN1CCCOC. The van der Waals surface area contributed by atoms with Crippen molar-refractivity contribution in [2.75, 3.05) is 39.9 Å². The normalized spacial score (nSPS) is 36.0. The zero-order chi connectivity index (χ0) is 10.7. The van der Waals surface area contributed by atoms with Gasteiger partial charge in [-0.05, 0) is 37.8 Å². The molecule has 0 radical (unpaired) electrons. The molecule has 1 N–H and O–H groups in total. The van der Waals surface area contributed by atoms with Gasteiger partial charge < -0.3 is 10.1 Å². The second-order valence-corrected chi connectivity index (χ2v) is 4.90. The van der Waals surface area contributed by atoms with Gasteiger partial charge in [0.15, 0.2) is 0 Å². The lowest BCUT2D eigenvalue weighted by molar-refractivity contribution is 0.158. The minimum Gasteiger partial charge on any atom is -0.385 e. The van der Waals surface area contributed by atoms with E-state index in [4.69, 9.17) is 4.74 Å². The molecule has 0 aliphatic carbocycles. The van der Waals surface area contributed by atoms with Gasteiger partial charge in [-0.1, -0.05) is 6.92 Å². The van der Waals surface area contributed by atoms with Gasteiger partial charge in [0.25, 0.3) is 0 Å². The minimum atomic E-state index is 0.821. The van der Waals surface area contributed by atoms with E-state index in [0.717, 1.165) is 24.5 Å². The summed E-state index contributed by atoms with van der Waals surface area (Å²) >= 11 is 0. The molecule has 3 atom stereocenters. The molecule has 0 spiro atoms. The molecule has 2 rings (SSSR count). The maximum absolute atomic E-state index is 5.13. The lowest BCUT2D eigenvalue weighted by Gasteiger charge is -2.26. The molecule has 0 aromatic carbocycles. The summed E-state index contributed by atoms with van der Waals surface area (Å²) in [6, 6.07) is 0.821. The number of methoxy groups -OCH3 is 1. The number of hydrogen-bond donors (Lipinski definition) is 1. The number of nitrogens with one attached hydrogen (secondary N) is 1. The summed E-state index contributed by atoms with van der Waals surface area (Å²) in [5, 5.41) is 3.53. The first-order chi connectivity index (χ1) is 7.36. The lowest BCUT2D eigenvalue weighted by atomic mass is 9.93. The van der Waals surface area contributed by atoms with Crippen molar-refractivity contribution in [2.45, 2.75) is 25.8 Å². The number of rotatable bonds is 5. The zero-order valence-electron chi connectivity index (χ0n) is 10.0. The van der Waals surface area contributed by atoms with Crippen molar-refractivity contribution in [2.24, 2.45) is 11.8 Å². The lowest BCUT2D eigenvalue weighted by Crippen LogP contribution is -2.36. The molecule has 15 heavy (non-hydrogen) atoms. The largest absolute Gasteiger partial charge is 0.385 e. The number of nitrogens with zero attached hydrogens (tertiary/aromatic N) is 1. The van der Waals surface area contributed by atoms with Gasteiger partial charge in [0, 0.05) is 32.8 Å². The second-order valence-electron chi connectivity index (χ2n) is 4.90. The zero-order valence-corrected chi connectivity index (χ0v) is 10.0. The van der Waals surface area contributed by atoms with E-state index in [1.54, 1.807) is 7.11 Å². The van der Waals surface area contributed by atoms with Crippen LogP contribution in [0.2, 0.25) is 0 Å². The van der Waals surface area contributed by atoms with Crippen LogP contribution in [0.15, 0.2) is 0 Å². The highest BCUT2D eigenvalue weighted by Crippen LogP contribution is 2.33. The Morgan fingerprint density at radius 2 is 2.27 bits per heavy atom. The summed E-state index contributed by atoms with van der Waals surface area (Å²) < 4.78 is 5.13. The molecular weight excluding hydrogens is 188 g/mol. The second kappa shape index (κ2) is 5.28. The Labute approximate surface area is 93.2 Å². The first-order valence-corrected chi connectivity index (χ1v) is 6.30. The number of likely N-dealkylation sites (tertiary alicyclic amines) is 1. The number of ether oxygens (including phenoxy) is 1. The molecular formula is C12H24N2O. The van der Waals surface area contributed by atoms with Gasteiger partial charge in [0.2, 0.25) is 0 Å². The molecule has 2 aliphatic heterocycles. The van der Waals surface area contributed by atoms with E-state index in [-0.39, 0.29) is 0 Å². The van der Waals surface area contributed by atoms with E-state index >= 15 is 0 Å². The molecule has 0 aromatic heterocycles. The van der Waals surface area contributed by atoms with Crippen LogP contribution >= 0.6 is 0 Å². The molecule has 2 fully saturated rings. The van der Waals surface area contributed by atoms with E-state index in [0.29, 0.717) is 0 Å². The standard InChI is InChI=1S/C12H24N2O/c1-3-12-11-8-13-7-10(11)9-14(12)5-4-6-15-2/h10-13H,3-9H2,1-2H3.